The van der Waals surface area contributed by atoms with Crippen LogP contribution in [0.5, 0.6) is 0 Å². The molecule has 4 heterocycles. The quantitative estimate of drug-likeness (QED) is 0.567. The van der Waals surface area contributed by atoms with Gasteiger partial charge in [0.15, 0.2) is 5.78 Å². The monoisotopic (exact) mass is 424 g/mol. The summed E-state index contributed by atoms with van der Waals surface area (Å²) in [6, 6.07) is 8.01. The Kier molecular flexibility index (Phi) is 6.01. The minimum Gasteiger partial charge on any atom is -0.340 e. The van der Waals surface area contributed by atoms with Crippen LogP contribution in [0.3, 0.4) is 0 Å². The van der Waals surface area contributed by atoms with Crippen molar-refractivity contribution in [2.75, 3.05) is 26.2 Å². The number of rotatable bonds is 6. The molecule has 0 spiro atoms. The third kappa shape index (κ3) is 4.47. The van der Waals surface area contributed by atoms with Gasteiger partial charge >= 0.3 is 0 Å². The largest absolute Gasteiger partial charge is 0.340 e. The van der Waals surface area contributed by atoms with Crippen LogP contribution in [0.4, 0.5) is 0 Å². The van der Waals surface area contributed by atoms with Gasteiger partial charge in [-0.3, -0.25) is 14.5 Å². The van der Waals surface area contributed by atoms with Crippen LogP contribution in [0.25, 0.3) is 5.65 Å². The summed E-state index contributed by atoms with van der Waals surface area (Å²) in [5.41, 5.74) is 4.46. The third-order valence-corrected chi connectivity index (χ3v) is 6.80. The second-order valence-corrected chi connectivity index (χ2v) is 9.35. The molecule has 1 aliphatic rings. The Morgan fingerprint density at radius 2 is 1.80 bits per heavy atom. The van der Waals surface area contributed by atoms with E-state index in [0.717, 1.165) is 40.7 Å². The van der Waals surface area contributed by atoms with Crippen molar-refractivity contribution < 1.29 is 9.59 Å². The Morgan fingerprint density at radius 1 is 1.03 bits per heavy atom. The topological polar surface area (TPSA) is 57.9 Å². The van der Waals surface area contributed by atoms with Crippen LogP contribution in [0.2, 0.25) is 0 Å². The number of hydrogen-bond donors (Lipinski definition) is 0. The van der Waals surface area contributed by atoms with E-state index in [1.165, 1.54) is 22.6 Å². The van der Waals surface area contributed by atoms with Crippen LogP contribution in [0.15, 0.2) is 30.5 Å². The molecule has 158 valence electrons. The lowest BCUT2D eigenvalue weighted by Gasteiger charge is -2.34. The lowest BCUT2D eigenvalue weighted by atomic mass is 10.1. The van der Waals surface area contributed by atoms with E-state index in [2.05, 4.69) is 41.5 Å². The van der Waals surface area contributed by atoms with Gasteiger partial charge < -0.3 is 9.30 Å². The molecule has 0 atom stereocenters. The van der Waals surface area contributed by atoms with E-state index in [-0.39, 0.29) is 11.7 Å². The normalized spacial score (nSPS) is 15.1. The molecular formula is C23H28N4O2S. The summed E-state index contributed by atoms with van der Waals surface area (Å²) >= 11 is 1.50. The highest BCUT2D eigenvalue weighted by atomic mass is 32.1. The van der Waals surface area contributed by atoms with Gasteiger partial charge in [0.25, 0.3) is 0 Å². The fourth-order valence-electron chi connectivity index (χ4n) is 3.96. The lowest BCUT2D eigenvalue weighted by molar-refractivity contribution is -0.133. The maximum atomic E-state index is 12.6. The number of piperazine rings is 1. The van der Waals surface area contributed by atoms with E-state index < -0.39 is 0 Å². The van der Waals surface area contributed by atoms with E-state index in [0.29, 0.717) is 25.9 Å². The molecule has 0 N–H and O–H groups in total. The van der Waals surface area contributed by atoms with Crippen molar-refractivity contribution in [3.63, 3.8) is 0 Å². The zero-order valence-corrected chi connectivity index (χ0v) is 18.7. The smallest absolute Gasteiger partial charge is 0.223 e. The SMILES string of the molecule is Cc1ccn2c(CN3CCN(C(=O)CCC(=O)c4ccc(C)s4)CC3)c(C)nc2c1. The molecule has 1 amide bonds. The van der Waals surface area contributed by atoms with Crippen molar-refractivity contribution in [1.82, 2.24) is 19.2 Å². The van der Waals surface area contributed by atoms with Gasteiger partial charge in [-0.15, -0.1) is 11.3 Å². The highest BCUT2D eigenvalue weighted by molar-refractivity contribution is 7.14. The Balaban J connectivity index is 1.29. The number of ketones is 1. The number of hydrogen-bond acceptors (Lipinski definition) is 5. The number of thiophene rings is 1. The summed E-state index contributed by atoms with van der Waals surface area (Å²) in [5.74, 6) is 0.149. The second-order valence-electron chi connectivity index (χ2n) is 8.07. The second kappa shape index (κ2) is 8.70. The van der Waals surface area contributed by atoms with Gasteiger partial charge in [-0.05, 0) is 50.6 Å². The number of imidazole rings is 1. The van der Waals surface area contributed by atoms with E-state index in [1.54, 1.807) is 0 Å². The van der Waals surface area contributed by atoms with Crippen molar-refractivity contribution in [3.05, 3.63) is 57.2 Å². The summed E-state index contributed by atoms with van der Waals surface area (Å²) in [6.45, 7) is 10.0. The summed E-state index contributed by atoms with van der Waals surface area (Å²) in [5, 5.41) is 0. The molecule has 0 aromatic carbocycles. The molecule has 0 bridgehead atoms. The molecule has 7 heteroatoms. The number of carbonyl (C=O) groups excluding carboxylic acids is 2. The van der Waals surface area contributed by atoms with Crippen LogP contribution >= 0.6 is 11.3 Å². The molecular weight excluding hydrogens is 396 g/mol. The predicted octanol–water partition coefficient (Wildman–Crippen LogP) is 3.63. The molecule has 1 saturated heterocycles. The van der Waals surface area contributed by atoms with Gasteiger partial charge in [0.2, 0.25) is 5.91 Å². The molecule has 6 nitrogen and oxygen atoms in total. The molecule has 1 aliphatic heterocycles. The summed E-state index contributed by atoms with van der Waals surface area (Å²) < 4.78 is 2.16. The van der Waals surface area contributed by atoms with E-state index in [1.807, 2.05) is 24.0 Å². The number of aromatic nitrogens is 2. The summed E-state index contributed by atoms with van der Waals surface area (Å²) in [4.78, 5) is 35.7. The minimum atomic E-state index is 0.0680. The number of carbonyl (C=O) groups is 2. The molecule has 1 fully saturated rings. The first-order valence-corrected chi connectivity index (χ1v) is 11.3. The van der Waals surface area contributed by atoms with Crippen molar-refractivity contribution in [1.29, 1.82) is 0 Å². The van der Waals surface area contributed by atoms with Crippen LogP contribution in [0, 0.1) is 20.8 Å². The van der Waals surface area contributed by atoms with Crippen molar-refractivity contribution in [2.24, 2.45) is 0 Å². The third-order valence-electron chi connectivity index (χ3n) is 5.76. The first-order valence-electron chi connectivity index (χ1n) is 10.4. The number of fused-ring (bicyclic) bond motifs is 1. The Bertz CT molecular complexity index is 1080. The first-order chi connectivity index (χ1) is 14.4. The number of pyridine rings is 1. The molecule has 0 radical (unpaired) electrons. The van der Waals surface area contributed by atoms with Crippen LogP contribution < -0.4 is 0 Å². The number of nitrogens with zero attached hydrogens (tertiary/aromatic N) is 4. The summed E-state index contributed by atoms with van der Waals surface area (Å²) in [6.07, 6.45) is 2.67. The zero-order chi connectivity index (χ0) is 21.3. The molecule has 3 aromatic rings. The van der Waals surface area contributed by atoms with E-state index >= 15 is 0 Å². The summed E-state index contributed by atoms with van der Waals surface area (Å²) in [7, 11) is 0. The Morgan fingerprint density at radius 3 is 2.50 bits per heavy atom. The van der Waals surface area contributed by atoms with E-state index in [9.17, 15) is 9.59 Å². The highest BCUT2D eigenvalue weighted by Crippen LogP contribution is 2.19. The van der Waals surface area contributed by atoms with Crippen molar-refractivity contribution in [3.8, 4) is 0 Å². The highest BCUT2D eigenvalue weighted by Gasteiger charge is 2.23. The molecule has 0 aliphatic carbocycles. The van der Waals surface area contributed by atoms with Gasteiger partial charge in [0, 0.05) is 56.6 Å². The average molecular weight is 425 g/mol. The number of amides is 1. The predicted molar refractivity (Wildman–Crippen MR) is 119 cm³/mol. The zero-order valence-electron chi connectivity index (χ0n) is 17.9. The van der Waals surface area contributed by atoms with Crippen LogP contribution in [-0.4, -0.2) is 57.1 Å². The van der Waals surface area contributed by atoms with E-state index in [4.69, 9.17) is 4.98 Å². The van der Waals surface area contributed by atoms with Crippen LogP contribution in [-0.2, 0) is 11.3 Å². The standard InChI is InChI=1S/C23H28N4O2S/c1-16-8-9-27-19(18(3)24-22(27)14-16)15-25-10-12-26(13-11-25)23(29)7-5-20(28)21-6-4-17(2)30-21/h4,6,8-9,14H,5,7,10-13,15H2,1-3H3. The lowest BCUT2D eigenvalue weighted by Crippen LogP contribution is -2.48. The van der Waals surface area contributed by atoms with Gasteiger partial charge in [-0.25, -0.2) is 4.98 Å². The molecule has 0 unspecified atom stereocenters. The maximum Gasteiger partial charge on any atom is 0.223 e. The first kappa shape index (κ1) is 20.8. The van der Waals surface area contributed by atoms with Crippen molar-refractivity contribution in [2.45, 2.75) is 40.2 Å². The molecule has 0 saturated carbocycles. The molecule has 3 aromatic heterocycles. The van der Waals surface area contributed by atoms with Crippen LogP contribution in [0.1, 0.15) is 44.3 Å². The van der Waals surface area contributed by atoms with Gasteiger partial charge in [0.1, 0.15) is 5.65 Å². The number of aryl methyl sites for hydroxylation is 3. The van der Waals surface area contributed by atoms with Gasteiger partial charge in [-0.2, -0.15) is 0 Å². The van der Waals surface area contributed by atoms with Gasteiger partial charge in [-0.1, -0.05) is 0 Å². The fourth-order valence-corrected chi connectivity index (χ4v) is 4.79. The average Bonchev–Trinajstić information content (AvgIpc) is 3.29. The fraction of sp³-hybridized carbons (Fsp3) is 0.435. The number of Topliss-reactive ketones (excluding diaryl/α,β-unsaturated/α-hetero) is 1. The van der Waals surface area contributed by atoms with Crippen molar-refractivity contribution >= 4 is 28.7 Å². The Labute approximate surface area is 181 Å². The maximum absolute atomic E-state index is 12.6. The minimum absolute atomic E-state index is 0.0680. The molecule has 4 rings (SSSR count). The molecule has 30 heavy (non-hydrogen) atoms. The van der Waals surface area contributed by atoms with Gasteiger partial charge in [0.05, 0.1) is 16.3 Å². The Hall–Kier alpha value is -2.51.